The van der Waals surface area contributed by atoms with Gasteiger partial charge < -0.3 is 46.5 Å². The van der Waals surface area contributed by atoms with E-state index in [-0.39, 0.29) is 86.5 Å². The van der Waals surface area contributed by atoms with Crippen molar-refractivity contribution in [2.24, 2.45) is 52.0 Å². The summed E-state index contributed by atoms with van der Waals surface area (Å²) in [4.78, 5) is 4.93. The minimum atomic E-state index is -4.68. The van der Waals surface area contributed by atoms with E-state index in [2.05, 4.69) is 24.8 Å². The van der Waals surface area contributed by atoms with Gasteiger partial charge in [0.25, 0.3) is 10.1 Å². The number of aryl methyl sites for hydroxylation is 1. The molecule has 10 N–H and O–H groups in total. The number of hydrogen-bond donors (Lipinski definition) is 8. The molecule has 13 atom stereocenters. The summed E-state index contributed by atoms with van der Waals surface area (Å²) in [6.45, 7) is 1.97. The van der Waals surface area contributed by atoms with Crippen molar-refractivity contribution in [1.82, 2.24) is 0 Å². The third-order valence-corrected chi connectivity index (χ3v) is 18.0. The van der Waals surface area contributed by atoms with Gasteiger partial charge in [0.1, 0.15) is 17.6 Å². The molecule has 14 heteroatoms. The number of aliphatic imine (C=N–C) groups is 1. The zero-order valence-corrected chi connectivity index (χ0v) is 39.9. The van der Waals surface area contributed by atoms with E-state index >= 15 is 0 Å². The van der Waals surface area contributed by atoms with Crippen LogP contribution < -0.4 is 16.2 Å². The molecule has 0 amide bonds. The molecule has 0 aromatic heterocycles. The molecule has 1 saturated heterocycles. The Labute approximate surface area is 400 Å². The SMILES string of the molecule is C[C@@H]1CCc2cc3ccc2[C@H]1C[C@@H](S(=O)(=O)O)[C@H]1C=C2C[C@H](C[C@H]4C[C@@H](CO)CC#Cc5cc(O)ccc5[C@@H]2O4)[C@@H]1c1ccc(cc1)[C@](C[C@@H](CCO)[C@]1(O)CC[C@H](CCCO)C1)(N=C(N)N)O3. The highest BCUT2D eigenvalue weighted by Gasteiger charge is 2.51. The van der Waals surface area contributed by atoms with Gasteiger partial charge >= 0.3 is 0 Å². The molecule has 11 rings (SSSR count). The third kappa shape index (κ3) is 9.82. The van der Waals surface area contributed by atoms with Crippen LogP contribution in [-0.2, 0) is 27.0 Å². The van der Waals surface area contributed by atoms with Crippen molar-refractivity contribution in [3.8, 4) is 23.3 Å². The first-order chi connectivity index (χ1) is 32.6. The highest BCUT2D eigenvalue weighted by atomic mass is 32.2. The molecule has 8 aliphatic rings. The fourth-order valence-electron chi connectivity index (χ4n) is 13.4. The average Bonchev–Trinajstić information content (AvgIpc) is 3.63. The molecule has 3 aliphatic carbocycles. The smallest absolute Gasteiger partial charge is 0.268 e. The summed E-state index contributed by atoms with van der Waals surface area (Å²) in [7, 11) is -4.68. The number of nitrogens with zero attached hydrogens (tertiary/aromatic N) is 1. The topological polar surface area (TPSA) is 238 Å². The molecular formula is C54H69N3O10S. The zero-order chi connectivity index (χ0) is 48.0. The van der Waals surface area contributed by atoms with Crippen LogP contribution in [-0.4, -0.2) is 81.2 Å². The summed E-state index contributed by atoms with van der Waals surface area (Å²) in [6.07, 6.45) is 8.55. The van der Waals surface area contributed by atoms with Gasteiger partial charge in [0.2, 0.25) is 5.72 Å². The van der Waals surface area contributed by atoms with Crippen molar-refractivity contribution >= 4 is 16.1 Å². The van der Waals surface area contributed by atoms with Gasteiger partial charge in [-0.25, -0.2) is 4.99 Å². The molecule has 3 aromatic carbocycles. The number of benzene rings is 3. The van der Waals surface area contributed by atoms with Crippen LogP contribution in [0.5, 0.6) is 11.5 Å². The van der Waals surface area contributed by atoms with E-state index < -0.39 is 50.6 Å². The number of rotatable bonds is 11. The van der Waals surface area contributed by atoms with Gasteiger partial charge in [-0.15, -0.1) is 0 Å². The Bertz CT molecular complexity index is 2550. The average molecular weight is 952 g/mol. The lowest BCUT2D eigenvalue weighted by atomic mass is 9.64. The number of ether oxygens (including phenoxy) is 2. The number of phenolic OH excluding ortho intramolecular Hbond substituents is 1. The Hall–Kier alpha value is -4.46. The van der Waals surface area contributed by atoms with Crippen LogP contribution >= 0.6 is 0 Å². The second kappa shape index (κ2) is 19.7. The van der Waals surface area contributed by atoms with Gasteiger partial charge in [-0.05, 0) is 165 Å². The number of aliphatic hydroxyl groups excluding tert-OH is 3. The fourth-order valence-corrected chi connectivity index (χ4v) is 14.5. The summed E-state index contributed by atoms with van der Waals surface area (Å²) in [6, 6.07) is 18.8. The predicted molar refractivity (Wildman–Crippen MR) is 259 cm³/mol. The minimum Gasteiger partial charge on any atom is -0.508 e. The van der Waals surface area contributed by atoms with Gasteiger partial charge in [-0.3, -0.25) is 4.55 Å². The van der Waals surface area contributed by atoms with Crippen LogP contribution in [0.1, 0.15) is 142 Å². The normalized spacial score (nSPS) is 33.5. The Morgan fingerprint density at radius 2 is 1.76 bits per heavy atom. The lowest BCUT2D eigenvalue weighted by Crippen LogP contribution is -2.44. The zero-order valence-electron chi connectivity index (χ0n) is 39.0. The standard InChI is InChI=1S/C54H69N3O10S/c1-32-7-8-37-25-43-14-16-45(37)47(32)28-49(68(63,64)65)48-27-39-23-38(26-44-22-34(31-60)4-2-6-36-24-42(61)13-15-46(36)51(39)66-44)50(48)35-9-11-40(12-10-35)54(67-43,57-52(55)56)30-41(18-21-59)53(62)19-17-33(29-53)5-3-20-58/h9-16,24-25,27,32-34,38,41,44,47-51,58-62H,3-5,7-8,17-23,26,28-31H2,1H3,(H4,55,56,57)(H,63,64,65)/t32-,33+,34+,38-,41-,44-,47+,48-,49-,50+,51-,53+,54-/m1/s1. The summed E-state index contributed by atoms with van der Waals surface area (Å²) < 4.78 is 54.3. The maximum Gasteiger partial charge on any atom is 0.268 e. The number of guanidine groups is 1. The molecule has 0 spiro atoms. The number of phenols is 1. The summed E-state index contributed by atoms with van der Waals surface area (Å²) in [5, 5.41) is 52.6. The molecule has 2 fully saturated rings. The van der Waals surface area contributed by atoms with E-state index in [4.69, 9.17) is 25.9 Å². The van der Waals surface area contributed by atoms with Crippen LogP contribution in [0.4, 0.5) is 0 Å². The van der Waals surface area contributed by atoms with Gasteiger partial charge in [-0.1, -0.05) is 61.2 Å². The van der Waals surface area contributed by atoms with E-state index in [0.29, 0.717) is 61.8 Å². The first-order valence-corrected chi connectivity index (χ1v) is 26.3. The second-order valence-corrected chi connectivity index (χ2v) is 22.7. The first kappa shape index (κ1) is 48.6. The van der Waals surface area contributed by atoms with E-state index in [1.54, 1.807) is 12.1 Å². The van der Waals surface area contributed by atoms with Crippen molar-refractivity contribution in [2.45, 2.75) is 137 Å². The van der Waals surface area contributed by atoms with E-state index in [1.165, 1.54) is 0 Å². The molecule has 68 heavy (non-hydrogen) atoms. The molecular weight excluding hydrogens is 883 g/mol. The largest absolute Gasteiger partial charge is 0.508 e. The molecule has 1 saturated carbocycles. The van der Waals surface area contributed by atoms with Crippen LogP contribution in [0.3, 0.4) is 0 Å². The highest BCUT2D eigenvalue weighted by Crippen LogP contribution is 2.56. The minimum absolute atomic E-state index is 0.0655. The monoisotopic (exact) mass is 951 g/mol. The van der Waals surface area contributed by atoms with Crippen LogP contribution in [0.25, 0.3) is 0 Å². The Morgan fingerprint density at radius 1 is 0.971 bits per heavy atom. The van der Waals surface area contributed by atoms with Gasteiger partial charge in [0.15, 0.2) is 5.96 Å². The number of aliphatic hydroxyl groups is 4. The Morgan fingerprint density at radius 3 is 2.50 bits per heavy atom. The van der Waals surface area contributed by atoms with Crippen LogP contribution in [0.15, 0.2) is 77.3 Å². The maximum absolute atomic E-state index is 14.2. The predicted octanol–water partition coefficient (Wildman–Crippen LogP) is 6.85. The molecule has 0 unspecified atom stereocenters. The molecule has 5 aliphatic heterocycles. The Kier molecular flexibility index (Phi) is 14.1. The quantitative estimate of drug-likeness (QED) is 0.0324. The second-order valence-electron chi connectivity index (χ2n) is 21.1. The molecule has 13 nitrogen and oxygen atoms in total. The summed E-state index contributed by atoms with van der Waals surface area (Å²) in [5.74, 6) is 5.02. The summed E-state index contributed by atoms with van der Waals surface area (Å²) >= 11 is 0. The first-order valence-electron chi connectivity index (χ1n) is 24.8. The van der Waals surface area contributed by atoms with Gasteiger partial charge in [0, 0.05) is 55.3 Å². The third-order valence-electron chi connectivity index (χ3n) is 16.7. The Balaban J connectivity index is 1.23. The maximum atomic E-state index is 14.2. The lowest BCUT2D eigenvalue weighted by molar-refractivity contribution is -0.0630. The van der Waals surface area contributed by atoms with Crippen LogP contribution in [0.2, 0.25) is 0 Å². The van der Waals surface area contributed by atoms with E-state index in [1.807, 2.05) is 48.5 Å². The number of allylic oxidation sites excluding steroid dienone is 1. The summed E-state index contributed by atoms with van der Waals surface area (Å²) in [5.41, 5.74) is 15.7. The number of fused-ring (bicyclic) bond motifs is 9. The lowest BCUT2D eigenvalue weighted by Gasteiger charge is -2.42. The molecule has 10 bridgehead atoms. The molecule has 3 aromatic rings. The number of aromatic hydroxyl groups is 1. The van der Waals surface area contributed by atoms with Crippen molar-refractivity contribution in [3.63, 3.8) is 0 Å². The van der Waals surface area contributed by atoms with Crippen LogP contribution in [0, 0.1) is 47.3 Å². The molecule has 0 radical (unpaired) electrons. The van der Waals surface area contributed by atoms with Crippen molar-refractivity contribution in [2.75, 3.05) is 19.8 Å². The van der Waals surface area contributed by atoms with Gasteiger partial charge in [0.05, 0.1) is 17.0 Å². The van der Waals surface area contributed by atoms with Gasteiger partial charge in [-0.2, -0.15) is 8.42 Å². The van der Waals surface area contributed by atoms with Crippen molar-refractivity contribution < 1.29 is 48.0 Å². The van der Waals surface area contributed by atoms with Crippen molar-refractivity contribution in [1.29, 1.82) is 0 Å². The van der Waals surface area contributed by atoms with E-state index in [9.17, 15) is 38.5 Å². The highest BCUT2D eigenvalue weighted by molar-refractivity contribution is 7.86. The number of nitrogens with two attached hydrogens (primary N) is 2. The van der Waals surface area contributed by atoms with E-state index in [0.717, 1.165) is 53.5 Å². The molecule has 366 valence electrons. The van der Waals surface area contributed by atoms with Crippen molar-refractivity contribution in [3.05, 3.63) is 106 Å². The fraction of sp³-hybridized carbons (Fsp3) is 0.574. The molecule has 5 heterocycles. The number of hydrogen-bond acceptors (Lipinski definition) is 10.